The quantitative estimate of drug-likeness (QED) is 0.698. The molecule has 0 N–H and O–H groups in total. The molecule has 0 saturated heterocycles. The summed E-state index contributed by atoms with van der Waals surface area (Å²) in [6, 6.07) is 7.03. The van der Waals surface area contributed by atoms with Gasteiger partial charge in [-0.2, -0.15) is 0 Å². The van der Waals surface area contributed by atoms with Gasteiger partial charge in [0.25, 0.3) is 5.91 Å². The lowest BCUT2D eigenvalue weighted by atomic mass is 10.2. The van der Waals surface area contributed by atoms with Gasteiger partial charge in [-0.15, -0.1) is 11.3 Å². The zero-order valence-corrected chi connectivity index (χ0v) is 12.1. The number of thiophene rings is 1. The van der Waals surface area contributed by atoms with Crippen LogP contribution in [0.15, 0.2) is 42.0 Å². The van der Waals surface area contributed by atoms with Crippen molar-refractivity contribution in [2.75, 3.05) is 6.61 Å². The van der Waals surface area contributed by atoms with Crippen LogP contribution in [0.25, 0.3) is 11.0 Å². The number of pyridine rings is 1. The third kappa shape index (κ3) is 2.34. The minimum atomic E-state index is -0.451. The van der Waals surface area contributed by atoms with Crippen LogP contribution in [0, 0.1) is 0 Å². The molecular weight excluding hydrogens is 288 g/mol. The van der Waals surface area contributed by atoms with Crippen molar-refractivity contribution in [2.24, 2.45) is 0 Å². The SMILES string of the molecule is CCOC(=O)c1cn(C(=O)c2cccs2)c2ncccc12. The molecule has 0 spiro atoms. The number of rotatable bonds is 3. The summed E-state index contributed by atoms with van der Waals surface area (Å²) in [5.41, 5.74) is 0.809. The van der Waals surface area contributed by atoms with Gasteiger partial charge in [0.1, 0.15) is 5.65 Å². The molecule has 0 bridgehead atoms. The van der Waals surface area contributed by atoms with Gasteiger partial charge < -0.3 is 4.74 Å². The second-order valence-corrected chi connectivity index (χ2v) is 5.24. The van der Waals surface area contributed by atoms with Crippen molar-refractivity contribution >= 4 is 34.2 Å². The van der Waals surface area contributed by atoms with Crippen LogP contribution in [0.5, 0.6) is 0 Å². The van der Waals surface area contributed by atoms with Crippen LogP contribution in [0.3, 0.4) is 0 Å². The summed E-state index contributed by atoms with van der Waals surface area (Å²) in [5.74, 6) is -0.655. The normalized spacial score (nSPS) is 10.7. The van der Waals surface area contributed by atoms with Crippen LogP contribution < -0.4 is 0 Å². The Morgan fingerprint density at radius 1 is 1.33 bits per heavy atom. The fourth-order valence-corrected chi connectivity index (χ4v) is 2.76. The second kappa shape index (κ2) is 5.49. The Labute approximate surface area is 124 Å². The van der Waals surface area contributed by atoms with Crippen LogP contribution >= 0.6 is 11.3 Å². The minimum Gasteiger partial charge on any atom is -0.462 e. The van der Waals surface area contributed by atoms with E-state index in [1.807, 2.05) is 11.4 Å². The van der Waals surface area contributed by atoms with Crippen molar-refractivity contribution in [3.63, 3.8) is 0 Å². The van der Waals surface area contributed by atoms with Gasteiger partial charge in [-0.25, -0.2) is 9.78 Å². The summed E-state index contributed by atoms with van der Waals surface area (Å²) in [7, 11) is 0. The standard InChI is InChI=1S/C15H12N2O3S/c1-2-20-15(19)11-9-17(13-10(11)5-3-7-16-13)14(18)12-6-4-8-21-12/h3-9H,2H2,1H3. The van der Waals surface area contributed by atoms with Gasteiger partial charge in [0.15, 0.2) is 0 Å². The van der Waals surface area contributed by atoms with E-state index in [0.717, 1.165) is 0 Å². The Bertz CT molecular complexity index is 806. The number of carbonyl (C=O) groups excluding carboxylic acids is 2. The van der Waals surface area contributed by atoms with Crippen molar-refractivity contribution in [1.82, 2.24) is 9.55 Å². The Hall–Kier alpha value is -2.47. The van der Waals surface area contributed by atoms with E-state index in [9.17, 15) is 9.59 Å². The molecule has 0 aliphatic carbocycles. The maximum absolute atomic E-state index is 12.5. The average Bonchev–Trinajstić information content (AvgIpc) is 3.15. The first kappa shape index (κ1) is 13.5. The maximum Gasteiger partial charge on any atom is 0.340 e. The van der Waals surface area contributed by atoms with E-state index in [0.29, 0.717) is 21.5 Å². The van der Waals surface area contributed by atoms with Gasteiger partial charge >= 0.3 is 5.97 Å². The lowest BCUT2D eigenvalue weighted by Crippen LogP contribution is -2.10. The fraction of sp³-hybridized carbons (Fsp3) is 0.133. The predicted octanol–water partition coefficient (Wildman–Crippen LogP) is 2.96. The molecular formula is C15H12N2O3S. The van der Waals surface area contributed by atoms with E-state index < -0.39 is 5.97 Å². The van der Waals surface area contributed by atoms with Crippen molar-refractivity contribution in [2.45, 2.75) is 6.92 Å². The molecule has 0 atom stereocenters. The monoisotopic (exact) mass is 300 g/mol. The second-order valence-electron chi connectivity index (χ2n) is 4.29. The number of fused-ring (bicyclic) bond motifs is 1. The van der Waals surface area contributed by atoms with Crippen LogP contribution in [0.1, 0.15) is 27.0 Å². The summed E-state index contributed by atoms with van der Waals surface area (Å²) in [5, 5.41) is 2.44. The highest BCUT2D eigenvalue weighted by Crippen LogP contribution is 2.22. The average molecular weight is 300 g/mol. The van der Waals surface area contributed by atoms with Crippen LogP contribution in [0.4, 0.5) is 0 Å². The first-order chi connectivity index (χ1) is 10.2. The fourth-order valence-electron chi connectivity index (χ4n) is 2.10. The van der Waals surface area contributed by atoms with E-state index in [4.69, 9.17) is 4.74 Å². The van der Waals surface area contributed by atoms with E-state index >= 15 is 0 Å². The smallest absolute Gasteiger partial charge is 0.340 e. The number of aromatic nitrogens is 2. The lowest BCUT2D eigenvalue weighted by Gasteiger charge is -2.00. The number of hydrogen-bond acceptors (Lipinski definition) is 5. The summed E-state index contributed by atoms with van der Waals surface area (Å²) in [6.45, 7) is 2.02. The molecule has 6 heteroatoms. The third-order valence-electron chi connectivity index (χ3n) is 3.01. The Morgan fingerprint density at radius 2 is 2.19 bits per heavy atom. The predicted molar refractivity (Wildman–Crippen MR) is 79.7 cm³/mol. The van der Waals surface area contributed by atoms with Crippen molar-refractivity contribution in [3.05, 3.63) is 52.5 Å². The van der Waals surface area contributed by atoms with Gasteiger partial charge in [0.05, 0.1) is 17.0 Å². The van der Waals surface area contributed by atoms with Crippen LogP contribution in [0.2, 0.25) is 0 Å². The zero-order valence-electron chi connectivity index (χ0n) is 11.3. The molecule has 0 unspecified atom stereocenters. The van der Waals surface area contributed by atoms with Crippen molar-refractivity contribution in [1.29, 1.82) is 0 Å². The molecule has 0 radical (unpaired) electrons. The first-order valence-corrected chi connectivity index (χ1v) is 7.31. The molecule has 106 valence electrons. The van der Waals surface area contributed by atoms with Crippen molar-refractivity contribution in [3.8, 4) is 0 Å². The van der Waals surface area contributed by atoms with Gasteiger partial charge in [0, 0.05) is 17.8 Å². The molecule has 5 nitrogen and oxygen atoms in total. The number of carbonyl (C=O) groups is 2. The summed E-state index contributed by atoms with van der Waals surface area (Å²) < 4.78 is 6.43. The van der Waals surface area contributed by atoms with Crippen LogP contribution in [-0.4, -0.2) is 28.0 Å². The summed E-state index contributed by atoms with van der Waals surface area (Å²) >= 11 is 1.35. The molecule has 0 aliphatic rings. The zero-order chi connectivity index (χ0) is 14.8. The van der Waals surface area contributed by atoms with E-state index in [2.05, 4.69) is 4.98 Å². The summed E-state index contributed by atoms with van der Waals surface area (Å²) in [6.07, 6.45) is 3.09. The van der Waals surface area contributed by atoms with E-state index in [1.54, 1.807) is 31.3 Å². The number of ether oxygens (including phenoxy) is 1. The molecule has 3 heterocycles. The van der Waals surface area contributed by atoms with Gasteiger partial charge in [-0.1, -0.05) is 6.07 Å². The molecule has 0 amide bonds. The molecule has 0 fully saturated rings. The van der Waals surface area contributed by atoms with E-state index in [-0.39, 0.29) is 12.5 Å². The molecule has 3 rings (SSSR count). The summed E-state index contributed by atoms with van der Waals surface area (Å²) in [4.78, 5) is 29.3. The minimum absolute atomic E-state index is 0.204. The Morgan fingerprint density at radius 3 is 2.90 bits per heavy atom. The first-order valence-electron chi connectivity index (χ1n) is 6.43. The lowest BCUT2D eigenvalue weighted by molar-refractivity contribution is 0.0528. The Balaban J connectivity index is 2.15. The van der Waals surface area contributed by atoms with Crippen LogP contribution in [-0.2, 0) is 4.74 Å². The highest BCUT2D eigenvalue weighted by atomic mass is 32.1. The van der Waals surface area contributed by atoms with Gasteiger partial charge in [-0.3, -0.25) is 9.36 Å². The third-order valence-corrected chi connectivity index (χ3v) is 3.87. The molecule has 0 aliphatic heterocycles. The molecule has 21 heavy (non-hydrogen) atoms. The molecule has 3 aromatic rings. The molecule has 3 aromatic heterocycles. The van der Waals surface area contributed by atoms with Gasteiger partial charge in [-0.05, 0) is 30.5 Å². The molecule has 0 saturated carbocycles. The van der Waals surface area contributed by atoms with Gasteiger partial charge in [0.2, 0.25) is 0 Å². The number of nitrogens with zero attached hydrogens (tertiary/aromatic N) is 2. The van der Waals surface area contributed by atoms with E-state index in [1.165, 1.54) is 22.1 Å². The molecule has 0 aromatic carbocycles. The Kier molecular flexibility index (Phi) is 3.53. The largest absolute Gasteiger partial charge is 0.462 e. The van der Waals surface area contributed by atoms with Crippen molar-refractivity contribution < 1.29 is 14.3 Å². The number of esters is 1. The topological polar surface area (TPSA) is 61.2 Å². The highest BCUT2D eigenvalue weighted by molar-refractivity contribution is 7.12. The number of hydrogen-bond donors (Lipinski definition) is 0. The maximum atomic E-state index is 12.5. The highest BCUT2D eigenvalue weighted by Gasteiger charge is 2.21.